The van der Waals surface area contributed by atoms with Gasteiger partial charge in [0, 0.05) is 5.56 Å². The lowest BCUT2D eigenvalue weighted by molar-refractivity contribution is -0.145. The minimum Gasteiger partial charge on any atom is -0.484 e. The van der Waals surface area contributed by atoms with Crippen LogP contribution in [0.4, 0.5) is 0 Å². The molecule has 2 aromatic carbocycles. The van der Waals surface area contributed by atoms with Crippen molar-refractivity contribution in [1.82, 2.24) is 5.43 Å². The number of hydrazone groups is 1. The van der Waals surface area contributed by atoms with Crippen LogP contribution < -0.4 is 14.9 Å². The van der Waals surface area contributed by atoms with E-state index in [0.29, 0.717) is 23.7 Å². The number of hydrogen-bond donors (Lipinski definition) is 1. The van der Waals surface area contributed by atoms with Gasteiger partial charge in [0.05, 0.1) is 12.8 Å². The summed E-state index contributed by atoms with van der Waals surface area (Å²) in [5, 5.41) is 3.89. The SMILES string of the molecule is CCOC(=O)COc1ccccc1C=NNC(=O)COc1ccc(C)cc1. The van der Waals surface area contributed by atoms with Crippen molar-refractivity contribution < 1.29 is 23.8 Å². The molecular weight excluding hydrogens is 348 g/mol. The van der Waals surface area contributed by atoms with Gasteiger partial charge in [-0.25, -0.2) is 10.2 Å². The molecule has 0 saturated carbocycles. The van der Waals surface area contributed by atoms with E-state index in [2.05, 4.69) is 10.5 Å². The van der Waals surface area contributed by atoms with Crippen LogP contribution in [0.3, 0.4) is 0 Å². The van der Waals surface area contributed by atoms with Gasteiger partial charge in [-0.3, -0.25) is 4.79 Å². The molecule has 0 aromatic heterocycles. The van der Waals surface area contributed by atoms with Crippen molar-refractivity contribution in [2.24, 2.45) is 5.10 Å². The molecule has 0 saturated heterocycles. The largest absolute Gasteiger partial charge is 0.484 e. The van der Waals surface area contributed by atoms with Gasteiger partial charge < -0.3 is 14.2 Å². The Morgan fingerprint density at radius 1 is 1.04 bits per heavy atom. The molecule has 1 N–H and O–H groups in total. The number of esters is 1. The van der Waals surface area contributed by atoms with E-state index >= 15 is 0 Å². The minimum atomic E-state index is -0.453. The highest BCUT2D eigenvalue weighted by Crippen LogP contribution is 2.15. The third-order valence-corrected chi connectivity index (χ3v) is 3.35. The van der Waals surface area contributed by atoms with Gasteiger partial charge in [0.1, 0.15) is 11.5 Å². The second kappa shape index (κ2) is 10.6. The fourth-order valence-corrected chi connectivity index (χ4v) is 2.05. The number of carbonyl (C=O) groups excluding carboxylic acids is 2. The molecule has 0 spiro atoms. The molecule has 0 aliphatic rings. The number of rotatable bonds is 9. The third kappa shape index (κ3) is 7.19. The standard InChI is InChI=1S/C20H22N2O5/c1-3-25-20(24)14-27-18-7-5-4-6-16(18)12-21-22-19(23)13-26-17-10-8-15(2)9-11-17/h4-12H,3,13-14H2,1-2H3,(H,22,23). The van der Waals surface area contributed by atoms with Gasteiger partial charge in [-0.2, -0.15) is 5.10 Å². The van der Waals surface area contributed by atoms with Crippen LogP contribution in [-0.2, 0) is 14.3 Å². The van der Waals surface area contributed by atoms with Crippen LogP contribution in [0, 0.1) is 6.92 Å². The van der Waals surface area contributed by atoms with Gasteiger partial charge in [-0.1, -0.05) is 29.8 Å². The summed E-state index contributed by atoms with van der Waals surface area (Å²) in [6.07, 6.45) is 1.43. The van der Waals surface area contributed by atoms with Crippen LogP contribution >= 0.6 is 0 Å². The number of ether oxygens (including phenoxy) is 3. The van der Waals surface area contributed by atoms with Crippen LogP contribution in [-0.4, -0.2) is 37.9 Å². The third-order valence-electron chi connectivity index (χ3n) is 3.35. The van der Waals surface area contributed by atoms with Crippen LogP contribution in [0.1, 0.15) is 18.1 Å². The first-order valence-corrected chi connectivity index (χ1v) is 8.47. The fraction of sp³-hybridized carbons (Fsp3) is 0.250. The van der Waals surface area contributed by atoms with Crippen molar-refractivity contribution in [3.05, 3.63) is 59.7 Å². The van der Waals surface area contributed by atoms with Crippen molar-refractivity contribution in [3.63, 3.8) is 0 Å². The van der Waals surface area contributed by atoms with Crippen molar-refractivity contribution in [2.45, 2.75) is 13.8 Å². The maximum absolute atomic E-state index is 11.8. The predicted molar refractivity (Wildman–Crippen MR) is 101 cm³/mol. The summed E-state index contributed by atoms with van der Waals surface area (Å²) in [6, 6.07) is 14.4. The van der Waals surface area contributed by atoms with E-state index in [0.717, 1.165) is 5.56 Å². The number of nitrogens with zero attached hydrogens (tertiary/aromatic N) is 1. The van der Waals surface area contributed by atoms with E-state index in [9.17, 15) is 9.59 Å². The van der Waals surface area contributed by atoms with Gasteiger partial charge in [0.2, 0.25) is 0 Å². The number of aryl methyl sites for hydroxylation is 1. The zero-order valence-corrected chi connectivity index (χ0v) is 15.3. The quantitative estimate of drug-likeness (QED) is 0.416. The number of nitrogens with one attached hydrogen (secondary N) is 1. The molecule has 2 rings (SSSR count). The summed E-state index contributed by atoms with van der Waals surface area (Å²) in [5.74, 6) is 0.222. The topological polar surface area (TPSA) is 86.2 Å². The van der Waals surface area contributed by atoms with Gasteiger partial charge in [-0.15, -0.1) is 0 Å². The Hall–Kier alpha value is -3.35. The zero-order chi connectivity index (χ0) is 19.5. The molecule has 2 aromatic rings. The first kappa shape index (κ1) is 20.0. The summed E-state index contributed by atoms with van der Waals surface area (Å²) < 4.78 is 15.6. The normalized spacial score (nSPS) is 10.4. The Balaban J connectivity index is 1.83. The highest BCUT2D eigenvalue weighted by Gasteiger charge is 2.06. The van der Waals surface area contributed by atoms with Crippen LogP contribution in [0.2, 0.25) is 0 Å². The van der Waals surface area contributed by atoms with E-state index in [4.69, 9.17) is 14.2 Å². The molecule has 7 nitrogen and oxygen atoms in total. The molecule has 142 valence electrons. The first-order chi connectivity index (χ1) is 13.1. The number of benzene rings is 2. The van der Waals surface area contributed by atoms with Crippen molar-refractivity contribution in [3.8, 4) is 11.5 Å². The molecule has 0 unspecified atom stereocenters. The lowest BCUT2D eigenvalue weighted by Crippen LogP contribution is -2.24. The Labute approximate surface area is 157 Å². The summed E-state index contributed by atoms with van der Waals surface area (Å²) in [4.78, 5) is 23.2. The number of carbonyl (C=O) groups is 2. The lowest BCUT2D eigenvalue weighted by Gasteiger charge is -2.08. The van der Waals surface area contributed by atoms with E-state index < -0.39 is 11.9 Å². The molecular formula is C20H22N2O5. The maximum Gasteiger partial charge on any atom is 0.344 e. The molecule has 1 amide bonds. The van der Waals surface area contributed by atoms with Gasteiger partial charge in [0.15, 0.2) is 13.2 Å². The molecule has 0 atom stereocenters. The average Bonchev–Trinajstić information content (AvgIpc) is 2.67. The van der Waals surface area contributed by atoms with Crippen molar-refractivity contribution >= 4 is 18.1 Å². The van der Waals surface area contributed by atoms with Gasteiger partial charge in [-0.05, 0) is 38.1 Å². The summed E-state index contributed by atoms with van der Waals surface area (Å²) in [6.45, 7) is 3.64. The van der Waals surface area contributed by atoms with Gasteiger partial charge >= 0.3 is 5.97 Å². The van der Waals surface area contributed by atoms with Crippen LogP contribution in [0.15, 0.2) is 53.6 Å². The molecule has 0 heterocycles. The minimum absolute atomic E-state index is 0.151. The van der Waals surface area contributed by atoms with Crippen molar-refractivity contribution in [1.29, 1.82) is 0 Å². The van der Waals surface area contributed by atoms with Gasteiger partial charge in [0.25, 0.3) is 5.91 Å². The second-order valence-electron chi connectivity index (χ2n) is 5.53. The fourth-order valence-electron chi connectivity index (χ4n) is 2.05. The number of amides is 1. The number of hydrogen-bond acceptors (Lipinski definition) is 6. The Bertz CT molecular complexity index is 787. The Morgan fingerprint density at radius 3 is 2.52 bits per heavy atom. The molecule has 0 fully saturated rings. The predicted octanol–water partition coefficient (Wildman–Crippen LogP) is 2.47. The maximum atomic E-state index is 11.8. The monoisotopic (exact) mass is 370 g/mol. The summed E-state index contributed by atoms with van der Waals surface area (Å²) in [7, 11) is 0. The number of para-hydroxylation sites is 1. The molecule has 0 aliphatic carbocycles. The molecule has 0 radical (unpaired) electrons. The van der Waals surface area contributed by atoms with E-state index in [1.54, 1.807) is 43.3 Å². The van der Waals surface area contributed by atoms with E-state index in [-0.39, 0.29) is 13.2 Å². The zero-order valence-electron chi connectivity index (χ0n) is 15.3. The van der Waals surface area contributed by atoms with E-state index in [1.165, 1.54) is 6.21 Å². The highest BCUT2D eigenvalue weighted by molar-refractivity contribution is 5.85. The Morgan fingerprint density at radius 2 is 1.78 bits per heavy atom. The van der Waals surface area contributed by atoms with Crippen LogP contribution in [0.25, 0.3) is 0 Å². The smallest absolute Gasteiger partial charge is 0.344 e. The first-order valence-electron chi connectivity index (χ1n) is 8.47. The molecule has 0 aliphatic heterocycles. The average molecular weight is 370 g/mol. The van der Waals surface area contributed by atoms with Crippen LogP contribution in [0.5, 0.6) is 11.5 Å². The summed E-state index contributed by atoms with van der Waals surface area (Å²) in [5.41, 5.74) is 4.11. The highest BCUT2D eigenvalue weighted by atomic mass is 16.6. The lowest BCUT2D eigenvalue weighted by atomic mass is 10.2. The second-order valence-corrected chi connectivity index (χ2v) is 5.53. The molecule has 27 heavy (non-hydrogen) atoms. The Kier molecular flexibility index (Phi) is 7.84. The molecule has 7 heteroatoms. The van der Waals surface area contributed by atoms with Crippen molar-refractivity contribution in [2.75, 3.05) is 19.8 Å². The molecule has 0 bridgehead atoms. The van der Waals surface area contributed by atoms with E-state index in [1.807, 2.05) is 19.1 Å². The summed E-state index contributed by atoms with van der Waals surface area (Å²) >= 11 is 0.